The molecule has 0 unspecified atom stereocenters. The van der Waals surface area contributed by atoms with Crippen LogP contribution in [-0.4, -0.2) is 25.2 Å². The van der Waals surface area contributed by atoms with Crippen molar-refractivity contribution in [3.05, 3.63) is 41.0 Å². The van der Waals surface area contributed by atoms with Gasteiger partial charge in [-0.2, -0.15) is 5.26 Å². The van der Waals surface area contributed by atoms with Gasteiger partial charge in [-0.3, -0.25) is 4.79 Å². The maximum Gasteiger partial charge on any atom is 0.262 e. The number of rotatable bonds is 4. The Balaban J connectivity index is 2.02. The third kappa shape index (κ3) is 4.94. The summed E-state index contributed by atoms with van der Waals surface area (Å²) in [6.07, 6.45) is 3.68. The smallest absolute Gasteiger partial charge is 0.262 e. The lowest BCUT2D eigenvalue weighted by Gasteiger charge is -2.18. The first-order valence-corrected chi connectivity index (χ1v) is 8.02. The van der Waals surface area contributed by atoms with E-state index in [1.54, 1.807) is 6.08 Å². The minimum atomic E-state index is -0.345. The van der Waals surface area contributed by atoms with E-state index in [4.69, 9.17) is 4.74 Å². The molecule has 0 aliphatic carbocycles. The minimum absolute atomic E-state index is 0.0740. The third-order valence-corrected chi connectivity index (χ3v) is 3.97. The van der Waals surface area contributed by atoms with Crippen LogP contribution in [0, 0.1) is 11.3 Å². The molecule has 1 aliphatic rings. The van der Waals surface area contributed by atoms with E-state index >= 15 is 0 Å². The average molecular weight is 312 g/mol. The van der Waals surface area contributed by atoms with Crippen LogP contribution >= 0.6 is 0 Å². The van der Waals surface area contributed by atoms with E-state index in [1.807, 2.05) is 30.3 Å². The zero-order valence-corrected chi connectivity index (χ0v) is 14.1. The average Bonchev–Trinajstić information content (AvgIpc) is 3.03. The van der Waals surface area contributed by atoms with E-state index < -0.39 is 0 Å². The van der Waals surface area contributed by atoms with Crippen molar-refractivity contribution in [3.63, 3.8) is 0 Å². The van der Waals surface area contributed by atoms with Crippen LogP contribution in [0.15, 0.2) is 29.8 Å². The van der Waals surface area contributed by atoms with Gasteiger partial charge in [0.15, 0.2) is 0 Å². The molecule has 4 heteroatoms. The molecule has 122 valence electrons. The monoisotopic (exact) mass is 312 g/mol. The Kier molecular flexibility index (Phi) is 5.57. The summed E-state index contributed by atoms with van der Waals surface area (Å²) in [5.74, 6) is -0.345. The second-order valence-corrected chi connectivity index (χ2v) is 6.89. The number of carbonyl (C=O) groups excluding carboxylic acids is 1. The predicted octanol–water partition coefficient (Wildman–Crippen LogP) is 3.19. The number of hydrogen-bond donors (Lipinski definition) is 1. The Hall–Kier alpha value is -2.12. The molecule has 1 aromatic rings. The summed E-state index contributed by atoms with van der Waals surface area (Å²) in [5.41, 5.74) is 2.27. The van der Waals surface area contributed by atoms with Gasteiger partial charge in [0.25, 0.3) is 5.91 Å². The predicted molar refractivity (Wildman–Crippen MR) is 90.7 cm³/mol. The largest absolute Gasteiger partial charge is 0.376 e. The van der Waals surface area contributed by atoms with Gasteiger partial charge in [0.1, 0.15) is 11.6 Å². The highest BCUT2D eigenvalue weighted by Gasteiger charge is 2.18. The van der Waals surface area contributed by atoms with Crippen molar-refractivity contribution in [1.82, 2.24) is 5.32 Å². The van der Waals surface area contributed by atoms with Crippen molar-refractivity contribution in [1.29, 1.82) is 5.26 Å². The van der Waals surface area contributed by atoms with Gasteiger partial charge in [0, 0.05) is 13.2 Å². The standard InChI is InChI=1S/C19H24N2O2/c1-19(2,3)16-8-6-14(7-9-16)11-15(12-20)18(22)21-13-17-5-4-10-23-17/h6-9,11,17H,4-5,10,13H2,1-3H3,(H,21,22)/b15-11+/t17-/m1/s1. The summed E-state index contributed by atoms with van der Waals surface area (Å²) < 4.78 is 5.46. The topological polar surface area (TPSA) is 62.1 Å². The summed E-state index contributed by atoms with van der Waals surface area (Å²) >= 11 is 0. The molecule has 0 bridgehead atoms. The number of nitrogens with zero attached hydrogens (tertiary/aromatic N) is 1. The Morgan fingerprint density at radius 3 is 2.61 bits per heavy atom. The van der Waals surface area contributed by atoms with Crippen LogP contribution < -0.4 is 5.32 Å². The van der Waals surface area contributed by atoms with Crippen LogP contribution in [0.3, 0.4) is 0 Å². The van der Waals surface area contributed by atoms with Gasteiger partial charge in [0.05, 0.1) is 6.10 Å². The van der Waals surface area contributed by atoms with Gasteiger partial charge in [-0.1, -0.05) is 45.0 Å². The summed E-state index contributed by atoms with van der Waals surface area (Å²) in [7, 11) is 0. The first kappa shape index (κ1) is 17.2. The highest BCUT2D eigenvalue weighted by Crippen LogP contribution is 2.22. The molecule has 0 saturated carbocycles. The van der Waals surface area contributed by atoms with E-state index in [-0.39, 0.29) is 23.0 Å². The summed E-state index contributed by atoms with van der Waals surface area (Å²) in [6, 6.07) is 9.92. The number of ether oxygens (including phenoxy) is 1. The Morgan fingerprint density at radius 1 is 1.39 bits per heavy atom. The van der Waals surface area contributed by atoms with Crippen LogP contribution in [0.4, 0.5) is 0 Å². The molecular weight excluding hydrogens is 288 g/mol. The number of hydrogen-bond acceptors (Lipinski definition) is 3. The van der Waals surface area contributed by atoms with Crippen LogP contribution in [-0.2, 0) is 14.9 Å². The first-order valence-electron chi connectivity index (χ1n) is 8.02. The van der Waals surface area contributed by atoms with Crippen molar-refractivity contribution >= 4 is 12.0 Å². The molecule has 0 aromatic heterocycles. The van der Waals surface area contributed by atoms with Gasteiger partial charge in [0.2, 0.25) is 0 Å². The molecule has 0 spiro atoms. The van der Waals surface area contributed by atoms with Crippen molar-refractivity contribution in [2.24, 2.45) is 0 Å². The Labute approximate surface area is 138 Å². The molecule has 0 radical (unpaired) electrons. The van der Waals surface area contributed by atoms with E-state index in [9.17, 15) is 10.1 Å². The summed E-state index contributed by atoms with van der Waals surface area (Å²) in [4.78, 5) is 12.1. The minimum Gasteiger partial charge on any atom is -0.376 e. The lowest BCUT2D eigenvalue weighted by molar-refractivity contribution is -0.117. The second-order valence-electron chi connectivity index (χ2n) is 6.89. The lowest BCUT2D eigenvalue weighted by atomic mass is 9.86. The van der Waals surface area contributed by atoms with Gasteiger partial charge in [-0.25, -0.2) is 0 Å². The molecule has 2 rings (SSSR count). The van der Waals surface area contributed by atoms with Crippen molar-refractivity contribution in [2.45, 2.75) is 45.1 Å². The van der Waals surface area contributed by atoms with Crippen molar-refractivity contribution in [2.75, 3.05) is 13.2 Å². The number of nitrogens with one attached hydrogen (secondary N) is 1. The fourth-order valence-corrected chi connectivity index (χ4v) is 2.50. The molecule has 1 aromatic carbocycles. The number of nitriles is 1. The number of amides is 1. The van der Waals surface area contributed by atoms with Crippen molar-refractivity contribution in [3.8, 4) is 6.07 Å². The van der Waals surface area contributed by atoms with Crippen LogP contribution in [0.1, 0.15) is 44.7 Å². The zero-order valence-electron chi connectivity index (χ0n) is 14.1. The van der Waals surface area contributed by atoms with E-state index in [0.29, 0.717) is 6.54 Å². The quantitative estimate of drug-likeness (QED) is 0.686. The molecule has 1 atom stereocenters. The molecule has 1 fully saturated rings. The fourth-order valence-electron chi connectivity index (χ4n) is 2.50. The molecule has 4 nitrogen and oxygen atoms in total. The lowest BCUT2D eigenvalue weighted by Crippen LogP contribution is -2.32. The van der Waals surface area contributed by atoms with Crippen molar-refractivity contribution < 1.29 is 9.53 Å². The maximum atomic E-state index is 12.1. The first-order chi connectivity index (χ1) is 10.9. The van der Waals surface area contributed by atoms with Gasteiger partial charge in [-0.15, -0.1) is 0 Å². The SMILES string of the molecule is CC(C)(C)c1ccc(/C=C(\C#N)C(=O)NC[C@H]2CCCO2)cc1. The maximum absolute atomic E-state index is 12.1. The Bertz CT molecular complexity index is 612. The van der Waals surface area contributed by atoms with Crippen LogP contribution in [0.2, 0.25) is 0 Å². The van der Waals surface area contributed by atoms with E-state index in [1.165, 1.54) is 5.56 Å². The highest BCUT2D eigenvalue weighted by atomic mass is 16.5. The van der Waals surface area contributed by atoms with Crippen LogP contribution in [0.25, 0.3) is 6.08 Å². The van der Waals surface area contributed by atoms with Crippen LogP contribution in [0.5, 0.6) is 0 Å². The van der Waals surface area contributed by atoms with Gasteiger partial charge < -0.3 is 10.1 Å². The molecule has 1 aliphatic heterocycles. The van der Waals surface area contributed by atoms with E-state index in [2.05, 4.69) is 26.1 Å². The molecular formula is C19H24N2O2. The molecule has 1 heterocycles. The molecule has 23 heavy (non-hydrogen) atoms. The second kappa shape index (κ2) is 7.43. The molecule has 1 saturated heterocycles. The number of benzene rings is 1. The normalized spacial score (nSPS) is 18.5. The molecule has 1 amide bonds. The molecule has 1 N–H and O–H groups in total. The Morgan fingerprint density at radius 2 is 2.09 bits per heavy atom. The van der Waals surface area contributed by atoms with E-state index in [0.717, 1.165) is 25.0 Å². The third-order valence-electron chi connectivity index (χ3n) is 3.97. The number of carbonyl (C=O) groups is 1. The summed E-state index contributed by atoms with van der Waals surface area (Å²) in [6.45, 7) is 7.66. The van der Waals surface area contributed by atoms with Gasteiger partial charge in [-0.05, 0) is 35.5 Å². The summed E-state index contributed by atoms with van der Waals surface area (Å²) in [5, 5.41) is 12.0. The fraction of sp³-hybridized carbons (Fsp3) is 0.474. The zero-order chi connectivity index (χ0) is 16.9. The highest BCUT2D eigenvalue weighted by molar-refractivity contribution is 6.01. The van der Waals surface area contributed by atoms with Gasteiger partial charge >= 0.3 is 0 Å².